The first-order valence-electron chi connectivity index (χ1n) is 6.69. The van der Waals surface area contributed by atoms with Crippen molar-refractivity contribution in [2.45, 2.75) is 13.2 Å². The molecule has 1 aliphatic rings. The number of ether oxygens (including phenoxy) is 1. The highest BCUT2D eigenvalue weighted by atomic mass is 79.9. The lowest BCUT2D eigenvalue weighted by atomic mass is 10.1. The molecular formula is C16H12BrN3O. The van der Waals surface area contributed by atoms with E-state index in [0.29, 0.717) is 13.2 Å². The Hall–Kier alpha value is -1.98. The maximum Gasteiger partial charge on any atom is 0.119 e. The SMILES string of the molecule is Brc1cccc(-c2nnn3c2COCc2ccccc2-3)c1. The van der Waals surface area contributed by atoms with Gasteiger partial charge in [0.2, 0.25) is 0 Å². The first kappa shape index (κ1) is 12.7. The second-order valence-electron chi connectivity index (χ2n) is 4.93. The summed E-state index contributed by atoms with van der Waals surface area (Å²) in [6.45, 7) is 1.10. The summed E-state index contributed by atoms with van der Waals surface area (Å²) >= 11 is 3.50. The van der Waals surface area contributed by atoms with Crippen LogP contribution in [0.1, 0.15) is 11.3 Å². The molecule has 104 valence electrons. The molecule has 2 aromatic carbocycles. The van der Waals surface area contributed by atoms with E-state index in [1.807, 2.05) is 47.1 Å². The van der Waals surface area contributed by atoms with Crippen LogP contribution in [0.25, 0.3) is 16.9 Å². The Morgan fingerprint density at radius 1 is 1.05 bits per heavy atom. The third-order valence-corrected chi connectivity index (χ3v) is 4.07. The van der Waals surface area contributed by atoms with Crippen molar-refractivity contribution in [1.29, 1.82) is 0 Å². The fraction of sp³-hybridized carbons (Fsp3) is 0.125. The fourth-order valence-corrected chi connectivity index (χ4v) is 2.98. The number of fused-ring (bicyclic) bond motifs is 3. The first-order valence-corrected chi connectivity index (χ1v) is 7.49. The van der Waals surface area contributed by atoms with Gasteiger partial charge in [-0.25, -0.2) is 4.68 Å². The van der Waals surface area contributed by atoms with Gasteiger partial charge in [-0.05, 0) is 18.2 Å². The van der Waals surface area contributed by atoms with Gasteiger partial charge in [-0.3, -0.25) is 0 Å². The standard InChI is InChI=1S/C16H12BrN3O/c17-13-6-3-5-11(8-13)16-15-10-21-9-12-4-1-2-7-14(12)20(15)19-18-16/h1-8H,9-10H2. The van der Waals surface area contributed by atoms with Gasteiger partial charge in [0, 0.05) is 15.6 Å². The van der Waals surface area contributed by atoms with Crippen LogP contribution in [-0.2, 0) is 18.0 Å². The largest absolute Gasteiger partial charge is 0.370 e. The maximum atomic E-state index is 5.79. The number of rotatable bonds is 1. The summed E-state index contributed by atoms with van der Waals surface area (Å²) in [5.41, 5.74) is 5.06. The number of hydrogen-bond acceptors (Lipinski definition) is 3. The average molecular weight is 342 g/mol. The number of halogens is 1. The van der Waals surface area contributed by atoms with E-state index in [-0.39, 0.29) is 0 Å². The zero-order valence-electron chi connectivity index (χ0n) is 11.2. The van der Waals surface area contributed by atoms with Crippen molar-refractivity contribution in [3.8, 4) is 16.9 Å². The molecule has 1 aliphatic heterocycles. The van der Waals surface area contributed by atoms with Gasteiger partial charge in [-0.2, -0.15) is 0 Å². The summed E-state index contributed by atoms with van der Waals surface area (Å²) in [5.74, 6) is 0. The number of para-hydroxylation sites is 1. The highest BCUT2D eigenvalue weighted by Gasteiger charge is 2.20. The summed E-state index contributed by atoms with van der Waals surface area (Å²) in [6.07, 6.45) is 0. The number of aromatic nitrogens is 3. The molecule has 0 amide bonds. The summed E-state index contributed by atoms with van der Waals surface area (Å²) in [4.78, 5) is 0. The van der Waals surface area contributed by atoms with E-state index in [4.69, 9.17) is 4.74 Å². The van der Waals surface area contributed by atoms with Crippen LogP contribution in [0.2, 0.25) is 0 Å². The molecule has 3 aromatic rings. The van der Waals surface area contributed by atoms with Gasteiger partial charge in [0.25, 0.3) is 0 Å². The van der Waals surface area contributed by atoms with Crippen molar-refractivity contribution in [2.24, 2.45) is 0 Å². The topological polar surface area (TPSA) is 39.9 Å². The van der Waals surface area contributed by atoms with Gasteiger partial charge in [-0.1, -0.05) is 51.5 Å². The van der Waals surface area contributed by atoms with Crippen molar-refractivity contribution >= 4 is 15.9 Å². The summed E-state index contributed by atoms with van der Waals surface area (Å²) in [6, 6.07) is 16.2. The van der Waals surface area contributed by atoms with E-state index >= 15 is 0 Å². The zero-order valence-corrected chi connectivity index (χ0v) is 12.7. The van der Waals surface area contributed by atoms with Gasteiger partial charge in [0.05, 0.1) is 24.6 Å². The lowest BCUT2D eigenvalue weighted by Crippen LogP contribution is -2.02. The molecule has 1 aromatic heterocycles. The molecule has 0 N–H and O–H groups in total. The Balaban J connectivity index is 1.91. The predicted octanol–water partition coefficient (Wildman–Crippen LogP) is 3.73. The van der Waals surface area contributed by atoms with Crippen LogP contribution >= 0.6 is 15.9 Å². The van der Waals surface area contributed by atoms with Crippen molar-refractivity contribution in [2.75, 3.05) is 0 Å². The molecule has 4 nitrogen and oxygen atoms in total. The molecule has 5 heteroatoms. The Morgan fingerprint density at radius 2 is 1.95 bits per heavy atom. The third-order valence-electron chi connectivity index (χ3n) is 3.58. The van der Waals surface area contributed by atoms with Crippen molar-refractivity contribution < 1.29 is 4.74 Å². The zero-order chi connectivity index (χ0) is 14.2. The number of nitrogens with zero attached hydrogens (tertiary/aromatic N) is 3. The van der Waals surface area contributed by atoms with E-state index in [2.05, 4.69) is 32.3 Å². The van der Waals surface area contributed by atoms with Gasteiger partial charge in [0.1, 0.15) is 5.69 Å². The molecule has 21 heavy (non-hydrogen) atoms. The smallest absolute Gasteiger partial charge is 0.119 e. The van der Waals surface area contributed by atoms with Gasteiger partial charge in [0.15, 0.2) is 0 Å². The summed E-state index contributed by atoms with van der Waals surface area (Å²) in [7, 11) is 0. The minimum Gasteiger partial charge on any atom is -0.370 e. The average Bonchev–Trinajstić information content (AvgIpc) is 2.83. The highest BCUT2D eigenvalue weighted by molar-refractivity contribution is 9.10. The number of benzene rings is 2. The molecule has 0 spiro atoms. The normalized spacial score (nSPS) is 13.4. The van der Waals surface area contributed by atoms with Crippen molar-refractivity contribution in [1.82, 2.24) is 15.0 Å². The quantitative estimate of drug-likeness (QED) is 0.677. The summed E-state index contributed by atoms with van der Waals surface area (Å²) in [5, 5.41) is 8.70. The minimum absolute atomic E-state index is 0.503. The first-order chi connectivity index (χ1) is 10.3. The predicted molar refractivity (Wildman–Crippen MR) is 83.0 cm³/mol. The highest BCUT2D eigenvalue weighted by Crippen LogP contribution is 2.29. The molecule has 0 saturated heterocycles. The van der Waals surface area contributed by atoms with Crippen LogP contribution in [0.3, 0.4) is 0 Å². The van der Waals surface area contributed by atoms with Gasteiger partial charge < -0.3 is 4.74 Å². The van der Waals surface area contributed by atoms with Crippen LogP contribution < -0.4 is 0 Å². The van der Waals surface area contributed by atoms with E-state index in [0.717, 1.165) is 32.7 Å². The lowest BCUT2D eigenvalue weighted by molar-refractivity contribution is 0.108. The second kappa shape index (κ2) is 5.09. The van der Waals surface area contributed by atoms with Gasteiger partial charge in [-0.15, -0.1) is 5.10 Å². The van der Waals surface area contributed by atoms with Crippen LogP contribution in [0.15, 0.2) is 53.0 Å². The second-order valence-corrected chi connectivity index (χ2v) is 5.84. The van der Waals surface area contributed by atoms with Crippen LogP contribution in [-0.4, -0.2) is 15.0 Å². The molecule has 0 unspecified atom stereocenters. The van der Waals surface area contributed by atoms with E-state index in [9.17, 15) is 0 Å². The minimum atomic E-state index is 0.503. The third kappa shape index (κ3) is 2.18. The van der Waals surface area contributed by atoms with Crippen LogP contribution in [0, 0.1) is 0 Å². The van der Waals surface area contributed by atoms with E-state index in [1.165, 1.54) is 0 Å². The van der Waals surface area contributed by atoms with Crippen LogP contribution in [0.5, 0.6) is 0 Å². The molecule has 0 aliphatic carbocycles. The fourth-order valence-electron chi connectivity index (χ4n) is 2.58. The molecule has 0 fully saturated rings. The van der Waals surface area contributed by atoms with E-state index < -0.39 is 0 Å². The van der Waals surface area contributed by atoms with Crippen molar-refractivity contribution in [3.05, 3.63) is 64.3 Å². The lowest BCUT2D eigenvalue weighted by Gasteiger charge is -2.05. The Morgan fingerprint density at radius 3 is 2.86 bits per heavy atom. The molecule has 0 saturated carbocycles. The molecule has 2 heterocycles. The maximum absolute atomic E-state index is 5.79. The Labute approximate surface area is 130 Å². The Bertz CT molecular complexity index is 813. The van der Waals surface area contributed by atoms with Crippen LogP contribution in [0.4, 0.5) is 0 Å². The Kier molecular flexibility index (Phi) is 3.09. The monoisotopic (exact) mass is 341 g/mol. The molecule has 0 atom stereocenters. The van der Waals surface area contributed by atoms with E-state index in [1.54, 1.807) is 0 Å². The van der Waals surface area contributed by atoms with Gasteiger partial charge >= 0.3 is 0 Å². The van der Waals surface area contributed by atoms with Crippen molar-refractivity contribution in [3.63, 3.8) is 0 Å². The summed E-state index contributed by atoms with van der Waals surface area (Å²) < 4.78 is 8.70. The molecule has 4 rings (SSSR count). The molecule has 0 bridgehead atoms. The molecular weight excluding hydrogens is 330 g/mol. The number of hydrogen-bond donors (Lipinski definition) is 0. The molecule has 0 radical (unpaired) electrons.